The number of ketones is 1. The fourth-order valence-corrected chi connectivity index (χ4v) is 3.79. The third kappa shape index (κ3) is 5.54. The van der Waals surface area contributed by atoms with Crippen molar-refractivity contribution in [1.29, 1.82) is 0 Å². The Hall–Kier alpha value is -3.46. The van der Waals surface area contributed by atoms with Crippen LogP contribution in [0.5, 0.6) is 0 Å². The van der Waals surface area contributed by atoms with Crippen molar-refractivity contribution >= 4 is 11.7 Å². The molecule has 1 heterocycles. The molecule has 1 amide bonds. The molecule has 0 saturated heterocycles. The molecule has 2 atom stereocenters. The normalized spacial score (nSPS) is 18.5. The zero-order valence-corrected chi connectivity index (χ0v) is 17.1. The minimum atomic E-state index is -0.293. The summed E-state index contributed by atoms with van der Waals surface area (Å²) in [4.78, 5) is 27.7. The lowest BCUT2D eigenvalue weighted by Crippen LogP contribution is -2.48. The summed E-state index contributed by atoms with van der Waals surface area (Å²) in [5.74, 6) is -0.288. The third-order valence-electron chi connectivity index (χ3n) is 5.31. The van der Waals surface area contributed by atoms with Crippen molar-refractivity contribution in [3.8, 4) is 0 Å². The van der Waals surface area contributed by atoms with Gasteiger partial charge in [-0.1, -0.05) is 92.0 Å². The highest BCUT2D eigenvalue weighted by Gasteiger charge is 2.36. The maximum atomic E-state index is 13.1. The smallest absolute Gasteiger partial charge is 0.231 e. The van der Waals surface area contributed by atoms with E-state index in [1.807, 2.05) is 60.7 Å². The van der Waals surface area contributed by atoms with Crippen LogP contribution in [-0.2, 0) is 22.4 Å². The average molecular weight is 398 g/mol. The lowest BCUT2D eigenvalue weighted by molar-refractivity contribution is -0.133. The largest absolute Gasteiger partial charge is 0.315 e. The van der Waals surface area contributed by atoms with Gasteiger partial charge in [-0.25, -0.2) is 0 Å². The molecule has 3 nitrogen and oxygen atoms in total. The van der Waals surface area contributed by atoms with Gasteiger partial charge in [0.1, 0.15) is 0 Å². The van der Waals surface area contributed by atoms with Crippen LogP contribution in [0.1, 0.15) is 17.5 Å². The molecule has 152 valence electrons. The second kappa shape index (κ2) is 10.4. The number of amides is 1. The maximum Gasteiger partial charge on any atom is 0.231 e. The third-order valence-corrected chi connectivity index (χ3v) is 5.31. The van der Waals surface area contributed by atoms with Crippen LogP contribution >= 0.6 is 0 Å². The second-order valence-electron chi connectivity index (χ2n) is 7.50. The van der Waals surface area contributed by atoms with Gasteiger partial charge in [-0.15, -0.1) is 0 Å². The van der Waals surface area contributed by atoms with Crippen molar-refractivity contribution in [2.45, 2.75) is 25.3 Å². The van der Waals surface area contributed by atoms with E-state index in [2.05, 4.69) is 13.2 Å². The minimum absolute atomic E-state index is 0.0588. The first-order valence-electron chi connectivity index (χ1n) is 10.2. The van der Waals surface area contributed by atoms with E-state index in [-0.39, 0.29) is 30.1 Å². The number of benzene rings is 2. The van der Waals surface area contributed by atoms with Gasteiger partial charge in [0.15, 0.2) is 5.78 Å². The number of nitrogens with zero attached hydrogens (tertiary/aromatic N) is 1. The van der Waals surface area contributed by atoms with E-state index in [0.29, 0.717) is 18.4 Å². The molecule has 1 aliphatic heterocycles. The molecule has 0 N–H and O–H groups in total. The van der Waals surface area contributed by atoms with Gasteiger partial charge in [-0.05, 0) is 35.6 Å². The second-order valence-corrected chi connectivity index (χ2v) is 7.50. The van der Waals surface area contributed by atoms with Crippen LogP contribution in [0.4, 0.5) is 0 Å². The van der Waals surface area contributed by atoms with Crippen LogP contribution < -0.4 is 0 Å². The number of allylic oxidation sites excluding steroid dienone is 4. The Morgan fingerprint density at radius 2 is 1.57 bits per heavy atom. The fraction of sp³-hybridized carbons (Fsp3) is 0.185. The molecule has 1 aliphatic rings. The lowest BCUT2D eigenvalue weighted by atomic mass is 9.82. The highest BCUT2D eigenvalue weighted by Crippen LogP contribution is 2.27. The summed E-state index contributed by atoms with van der Waals surface area (Å²) in [6.07, 6.45) is 9.81. The van der Waals surface area contributed by atoms with Gasteiger partial charge >= 0.3 is 0 Å². The molecule has 30 heavy (non-hydrogen) atoms. The Bertz CT molecular complexity index is 957. The molecule has 2 aromatic carbocycles. The molecule has 0 aliphatic carbocycles. The first-order valence-corrected chi connectivity index (χ1v) is 10.2. The van der Waals surface area contributed by atoms with E-state index in [9.17, 15) is 9.59 Å². The highest BCUT2D eigenvalue weighted by atomic mass is 16.2. The van der Waals surface area contributed by atoms with Crippen LogP contribution in [0.3, 0.4) is 0 Å². The Morgan fingerprint density at radius 1 is 0.967 bits per heavy atom. The van der Waals surface area contributed by atoms with Crippen molar-refractivity contribution in [2.75, 3.05) is 0 Å². The van der Waals surface area contributed by atoms with Gasteiger partial charge in [0.05, 0.1) is 12.5 Å². The van der Waals surface area contributed by atoms with E-state index in [1.54, 1.807) is 29.3 Å². The van der Waals surface area contributed by atoms with E-state index < -0.39 is 0 Å². The van der Waals surface area contributed by atoms with Crippen molar-refractivity contribution in [1.82, 2.24) is 4.90 Å². The predicted octanol–water partition coefficient (Wildman–Crippen LogP) is 5.07. The molecule has 0 aromatic heterocycles. The predicted molar refractivity (Wildman–Crippen MR) is 122 cm³/mol. The summed E-state index contributed by atoms with van der Waals surface area (Å²) in [5, 5.41) is 0. The molecule has 0 bridgehead atoms. The Balaban J connectivity index is 1.88. The molecule has 2 unspecified atom stereocenters. The molecule has 0 spiro atoms. The van der Waals surface area contributed by atoms with Gasteiger partial charge in [0.25, 0.3) is 0 Å². The maximum absolute atomic E-state index is 13.1. The summed E-state index contributed by atoms with van der Waals surface area (Å²) < 4.78 is 0. The van der Waals surface area contributed by atoms with Crippen LogP contribution in [0.15, 0.2) is 110 Å². The molecule has 0 fully saturated rings. The summed E-state index contributed by atoms with van der Waals surface area (Å²) >= 11 is 0. The lowest BCUT2D eigenvalue weighted by Gasteiger charge is -2.37. The summed E-state index contributed by atoms with van der Waals surface area (Å²) in [6.45, 7) is 7.61. The zero-order valence-electron chi connectivity index (χ0n) is 17.1. The molecule has 2 aromatic rings. The zero-order chi connectivity index (χ0) is 21.3. The first kappa shape index (κ1) is 21.3. The standard InChI is InChI=1S/C27H27NO2/c1-3-4-11-21(2)18-27(30)28-17-16-26(29)24(19-22-12-7-5-8-13-22)25(28)20-23-14-9-6-10-15-23/h3-17,24-25H,1-2,18-20H2/b11-4-. The quantitative estimate of drug-likeness (QED) is 0.583. The van der Waals surface area contributed by atoms with Crippen LogP contribution in [-0.4, -0.2) is 22.6 Å². The molecule has 3 heteroatoms. The Kier molecular flexibility index (Phi) is 7.34. The summed E-state index contributed by atoms with van der Waals surface area (Å²) in [6, 6.07) is 19.7. The first-order chi connectivity index (χ1) is 14.6. The molecule has 3 rings (SSSR count). The average Bonchev–Trinajstić information content (AvgIpc) is 2.76. The number of hydrogen-bond donors (Lipinski definition) is 0. The van der Waals surface area contributed by atoms with E-state index in [0.717, 1.165) is 11.1 Å². The van der Waals surface area contributed by atoms with Crippen molar-refractivity contribution in [3.05, 3.63) is 121 Å². The summed E-state index contributed by atoms with van der Waals surface area (Å²) in [7, 11) is 0. The fourth-order valence-electron chi connectivity index (χ4n) is 3.79. The topological polar surface area (TPSA) is 37.4 Å². The van der Waals surface area contributed by atoms with Crippen molar-refractivity contribution < 1.29 is 9.59 Å². The summed E-state index contributed by atoms with van der Waals surface area (Å²) in [5.41, 5.74) is 2.91. The number of hydrogen-bond acceptors (Lipinski definition) is 2. The Labute approximate surface area is 178 Å². The van der Waals surface area contributed by atoms with E-state index in [4.69, 9.17) is 0 Å². The van der Waals surface area contributed by atoms with Crippen molar-refractivity contribution in [3.63, 3.8) is 0 Å². The van der Waals surface area contributed by atoms with Crippen LogP contribution in [0, 0.1) is 5.92 Å². The SMILES string of the molecule is C=C/C=C\C(=C)CC(=O)N1C=CC(=O)C(Cc2ccccc2)C1Cc1ccccc1. The number of rotatable bonds is 8. The molecular weight excluding hydrogens is 370 g/mol. The monoisotopic (exact) mass is 397 g/mol. The number of carbonyl (C=O) groups is 2. The highest BCUT2D eigenvalue weighted by molar-refractivity contribution is 5.95. The van der Waals surface area contributed by atoms with Gasteiger partial charge in [0, 0.05) is 12.1 Å². The minimum Gasteiger partial charge on any atom is -0.315 e. The van der Waals surface area contributed by atoms with Crippen LogP contribution in [0.25, 0.3) is 0 Å². The Morgan fingerprint density at radius 3 is 2.17 bits per heavy atom. The van der Waals surface area contributed by atoms with Crippen molar-refractivity contribution in [2.24, 2.45) is 5.92 Å². The van der Waals surface area contributed by atoms with E-state index in [1.165, 1.54) is 6.08 Å². The van der Waals surface area contributed by atoms with E-state index >= 15 is 0 Å². The molecule has 0 radical (unpaired) electrons. The van der Waals surface area contributed by atoms with Gasteiger partial charge in [0.2, 0.25) is 5.91 Å². The van der Waals surface area contributed by atoms with Gasteiger partial charge < -0.3 is 4.90 Å². The van der Waals surface area contributed by atoms with Gasteiger partial charge in [-0.2, -0.15) is 0 Å². The number of carbonyl (C=O) groups excluding carboxylic acids is 2. The van der Waals surface area contributed by atoms with Gasteiger partial charge in [-0.3, -0.25) is 9.59 Å². The molecule has 0 saturated carbocycles. The van der Waals surface area contributed by atoms with Crippen LogP contribution in [0.2, 0.25) is 0 Å². The molecular formula is C27H27NO2.